The minimum atomic E-state index is -1.08. The Balaban J connectivity index is 2.75. The molecule has 1 unspecified atom stereocenters. The van der Waals surface area contributed by atoms with Crippen molar-refractivity contribution >= 4 is 17.7 Å². The predicted molar refractivity (Wildman–Crippen MR) is 108 cm³/mol. The van der Waals surface area contributed by atoms with Crippen molar-refractivity contribution in [2.75, 3.05) is 13.7 Å². The first kappa shape index (κ1) is 23.0. The number of urea groups is 1. The van der Waals surface area contributed by atoms with Gasteiger partial charge in [0.1, 0.15) is 0 Å². The zero-order valence-corrected chi connectivity index (χ0v) is 17.7. The fourth-order valence-corrected chi connectivity index (χ4v) is 3.21. The number of nitrogens with one attached hydrogen (secondary N) is 2. The number of carbonyl (C=O) groups excluding carboxylic acids is 2. The highest BCUT2D eigenvalue weighted by molar-refractivity contribution is 5.95. The third-order valence-electron chi connectivity index (χ3n) is 4.33. The molecule has 2 N–H and O–H groups in total. The van der Waals surface area contributed by atoms with Gasteiger partial charge in [0.15, 0.2) is 11.5 Å². The third-order valence-corrected chi connectivity index (χ3v) is 4.33. The summed E-state index contributed by atoms with van der Waals surface area (Å²) in [5.74, 6) is -0.217. The molecule has 0 aliphatic carbocycles. The number of esters is 1. The summed E-state index contributed by atoms with van der Waals surface area (Å²) in [5.41, 5.74) is 0.291. The van der Waals surface area contributed by atoms with Gasteiger partial charge in [-0.1, -0.05) is 13.3 Å². The number of ether oxygens (including phenoxy) is 3. The van der Waals surface area contributed by atoms with Gasteiger partial charge in [0, 0.05) is 5.70 Å². The summed E-state index contributed by atoms with van der Waals surface area (Å²) in [6.07, 6.45) is 0.821. The Morgan fingerprint density at radius 2 is 1.97 bits per heavy atom. The monoisotopic (exact) mass is 421 g/mol. The van der Waals surface area contributed by atoms with E-state index >= 15 is 0 Å². The second kappa shape index (κ2) is 9.95. The number of nitro benzene ring substituents is 1. The van der Waals surface area contributed by atoms with E-state index in [1.807, 2.05) is 6.92 Å². The van der Waals surface area contributed by atoms with Crippen LogP contribution in [0.5, 0.6) is 11.5 Å². The van der Waals surface area contributed by atoms with Crippen molar-refractivity contribution in [3.63, 3.8) is 0 Å². The highest BCUT2D eigenvalue weighted by atomic mass is 16.6. The van der Waals surface area contributed by atoms with Crippen LogP contribution >= 0.6 is 0 Å². The Bertz CT molecular complexity index is 864. The van der Waals surface area contributed by atoms with E-state index in [1.54, 1.807) is 20.8 Å². The second-order valence-corrected chi connectivity index (χ2v) is 6.88. The zero-order valence-electron chi connectivity index (χ0n) is 17.7. The van der Waals surface area contributed by atoms with Gasteiger partial charge in [-0.25, -0.2) is 9.59 Å². The minimum Gasteiger partial charge on any atom is -0.493 e. The molecular weight excluding hydrogens is 394 g/mol. The normalized spacial score (nSPS) is 16.1. The molecule has 30 heavy (non-hydrogen) atoms. The quantitative estimate of drug-likeness (QED) is 0.355. The summed E-state index contributed by atoms with van der Waals surface area (Å²) in [6.45, 7) is 7.27. The number of hydrogen-bond acceptors (Lipinski definition) is 7. The molecule has 1 aromatic rings. The largest absolute Gasteiger partial charge is 0.493 e. The Kier molecular flexibility index (Phi) is 7.62. The summed E-state index contributed by atoms with van der Waals surface area (Å²) in [5, 5.41) is 17.0. The summed E-state index contributed by atoms with van der Waals surface area (Å²) in [7, 11) is 1.38. The van der Waals surface area contributed by atoms with Crippen LogP contribution in [0.4, 0.5) is 10.5 Å². The molecule has 0 saturated heterocycles. The highest BCUT2D eigenvalue weighted by Gasteiger charge is 2.38. The van der Waals surface area contributed by atoms with E-state index in [-0.39, 0.29) is 41.0 Å². The van der Waals surface area contributed by atoms with Crippen molar-refractivity contribution in [1.29, 1.82) is 0 Å². The van der Waals surface area contributed by atoms with E-state index in [1.165, 1.54) is 19.2 Å². The van der Waals surface area contributed by atoms with E-state index < -0.39 is 23.0 Å². The number of rotatable bonds is 9. The number of amides is 2. The fourth-order valence-electron chi connectivity index (χ4n) is 3.21. The number of nitrogens with zero attached hydrogens (tertiary/aromatic N) is 1. The molecule has 0 spiro atoms. The Morgan fingerprint density at radius 1 is 1.27 bits per heavy atom. The molecule has 1 aliphatic rings. The van der Waals surface area contributed by atoms with Gasteiger partial charge in [0.05, 0.1) is 48.0 Å². The Morgan fingerprint density at radius 3 is 2.50 bits per heavy atom. The number of nitro groups is 1. The molecule has 1 atom stereocenters. The number of allylic oxidation sites excluding steroid dienone is 1. The summed E-state index contributed by atoms with van der Waals surface area (Å²) >= 11 is 0. The van der Waals surface area contributed by atoms with Crippen LogP contribution in [0.1, 0.15) is 52.1 Å². The van der Waals surface area contributed by atoms with E-state index in [4.69, 9.17) is 14.2 Å². The minimum absolute atomic E-state index is 0.1000. The smallest absolute Gasteiger partial charge is 0.338 e. The maximum absolute atomic E-state index is 12.7. The van der Waals surface area contributed by atoms with Crippen molar-refractivity contribution in [3.05, 3.63) is 39.1 Å². The van der Waals surface area contributed by atoms with Gasteiger partial charge >= 0.3 is 12.0 Å². The lowest BCUT2D eigenvalue weighted by Gasteiger charge is -2.29. The molecular formula is C20H27N3O7. The van der Waals surface area contributed by atoms with Gasteiger partial charge in [-0.05, 0) is 33.3 Å². The van der Waals surface area contributed by atoms with E-state index in [0.717, 1.165) is 0 Å². The van der Waals surface area contributed by atoms with Crippen molar-refractivity contribution in [2.24, 2.45) is 0 Å². The number of methoxy groups -OCH3 is 1. The first-order chi connectivity index (χ1) is 14.2. The Labute approximate surface area is 174 Å². The molecule has 1 heterocycles. The number of hydrogen-bond donors (Lipinski definition) is 2. The van der Waals surface area contributed by atoms with Crippen LogP contribution in [-0.4, -0.2) is 36.7 Å². The lowest BCUT2D eigenvalue weighted by atomic mass is 9.92. The molecule has 0 radical (unpaired) electrons. The highest BCUT2D eigenvalue weighted by Crippen LogP contribution is 2.41. The topological polar surface area (TPSA) is 129 Å². The standard InChI is InChI=1S/C20H27N3O7/c1-6-8-13-17(19(24)29-7-2)18(22-20(25)21-13)12-9-16(30-11(3)4)15(28-5)10-14(12)23(26)27/h9-11,18H,6-8H2,1-5H3,(H2,21,22,25). The van der Waals surface area contributed by atoms with Crippen molar-refractivity contribution in [2.45, 2.75) is 52.7 Å². The zero-order chi connectivity index (χ0) is 22.4. The van der Waals surface area contributed by atoms with Gasteiger partial charge in [0.2, 0.25) is 0 Å². The third kappa shape index (κ3) is 5.00. The molecule has 2 amide bonds. The molecule has 0 fully saturated rings. The molecule has 0 saturated carbocycles. The molecule has 2 rings (SSSR count). The van der Waals surface area contributed by atoms with Crippen LogP contribution in [0.25, 0.3) is 0 Å². The molecule has 0 bridgehead atoms. The number of carbonyl (C=O) groups is 2. The van der Waals surface area contributed by atoms with Gasteiger partial charge in [-0.15, -0.1) is 0 Å². The first-order valence-corrected chi connectivity index (χ1v) is 9.74. The molecule has 1 aliphatic heterocycles. The molecule has 10 nitrogen and oxygen atoms in total. The molecule has 1 aromatic carbocycles. The average molecular weight is 421 g/mol. The van der Waals surface area contributed by atoms with Crippen LogP contribution in [0.15, 0.2) is 23.4 Å². The lowest BCUT2D eigenvalue weighted by Crippen LogP contribution is -2.46. The van der Waals surface area contributed by atoms with Crippen LogP contribution in [0.2, 0.25) is 0 Å². The second-order valence-electron chi connectivity index (χ2n) is 6.88. The van der Waals surface area contributed by atoms with Crippen molar-refractivity contribution in [3.8, 4) is 11.5 Å². The summed E-state index contributed by atoms with van der Waals surface area (Å²) in [4.78, 5) is 36.3. The first-order valence-electron chi connectivity index (χ1n) is 9.74. The van der Waals surface area contributed by atoms with Crippen LogP contribution < -0.4 is 20.1 Å². The lowest BCUT2D eigenvalue weighted by molar-refractivity contribution is -0.385. The van der Waals surface area contributed by atoms with Gasteiger partial charge in [0.25, 0.3) is 5.69 Å². The van der Waals surface area contributed by atoms with E-state index in [2.05, 4.69) is 10.6 Å². The van der Waals surface area contributed by atoms with Gasteiger partial charge in [-0.3, -0.25) is 10.1 Å². The van der Waals surface area contributed by atoms with Crippen molar-refractivity contribution < 1.29 is 28.7 Å². The molecule has 164 valence electrons. The molecule has 0 aromatic heterocycles. The summed E-state index contributed by atoms with van der Waals surface area (Å²) in [6, 6.07) is 1.01. The van der Waals surface area contributed by atoms with Gasteiger partial charge < -0.3 is 24.8 Å². The van der Waals surface area contributed by atoms with Crippen LogP contribution in [0, 0.1) is 10.1 Å². The maximum Gasteiger partial charge on any atom is 0.338 e. The average Bonchev–Trinajstić information content (AvgIpc) is 2.67. The Hall–Kier alpha value is -3.30. The van der Waals surface area contributed by atoms with Gasteiger partial charge in [-0.2, -0.15) is 0 Å². The van der Waals surface area contributed by atoms with Crippen LogP contribution in [-0.2, 0) is 9.53 Å². The van der Waals surface area contributed by atoms with E-state index in [0.29, 0.717) is 18.5 Å². The molecule has 10 heteroatoms. The number of benzene rings is 1. The van der Waals surface area contributed by atoms with Crippen molar-refractivity contribution in [1.82, 2.24) is 10.6 Å². The SMILES string of the molecule is CCCC1=C(C(=O)OCC)C(c2cc(OC(C)C)c(OC)cc2[N+](=O)[O-])NC(=O)N1. The maximum atomic E-state index is 12.7. The summed E-state index contributed by atoms with van der Waals surface area (Å²) < 4.78 is 16.2. The predicted octanol–water partition coefficient (Wildman–Crippen LogP) is 3.36. The van der Waals surface area contributed by atoms with Crippen LogP contribution in [0.3, 0.4) is 0 Å². The van der Waals surface area contributed by atoms with E-state index in [9.17, 15) is 19.7 Å². The fraction of sp³-hybridized carbons (Fsp3) is 0.500.